The number of ether oxygens (including phenoxy) is 1. The van der Waals surface area contributed by atoms with Gasteiger partial charge >= 0.3 is 0 Å². The fourth-order valence-electron chi connectivity index (χ4n) is 3.15. The summed E-state index contributed by atoms with van der Waals surface area (Å²) in [6, 6.07) is 0.319. The average molecular weight is 295 g/mol. The summed E-state index contributed by atoms with van der Waals surface area (Å²) in [6.45, 7) is 3.96. The Morgan fingerprint density at radius 1 is 1.33 bits per heavy atom. The first kappa shape index (κ1) is 14.9. The van der Waals surface area contributed by atoms with E-state index in [0.29, 0.717) is 5.89 Å². The molecular formula is C14H25N5O2. The van der Waals surface area contributed by atoms with E-state index >= 15 is 0 Å². The van der Waals surface area contributed by atoms with Gasteiger partial charge in [-0.15, -0.1) is 0 Å². The van der Waals surface area contributed by atoms with Crippen LogP contribution in [0.2, 0.25) is 0 Å². The molecule has 1 aromatic rings. The van der Waals surface area contributed by atoms with Crippen LogP contribution in [0.3, 0.4) is 0 Å². The summed E-state index contributed by atoms with van der Waals surface area (Å²) >= 11 is 0. The average Bonchev–Trinajstić information content (AvgIpc) is 3.10. The maximum Gasteiger partial charge on any atom is 0.243 e. The summed E-state index contributed by atoms with van der Waals surface area (Å²) < 4.78 is 10.9. The van der Waals surface area contributed by atoms with Crippen LogP contribution in [-0.2, 0) is 4.74 Å². The lowest BCUT2D eigenvalue weighted by Crippen LogP contribution is -2.31. The van der Waals surface area contributed by atoms with Gasteiger partial charge in [-0.2, -0.15) is 4.98 Å². The van der Waals surface area contributed by atoms with Gasteiger partial charge in [0, 0.05) is 20.2 Å². The highest BCUT2D eigenvalue weighted by Gasteiger charge is 2.32. The van der Waals surface area contributed by atoms with Crippen LogP contribution in [0.1, 0.15) is 36.6 Å². The van der Waals surface area contributed by atoms with E-state index in [4.69, 9.17) is 9.26 Å². The molecule has 2 saturated heterocycles. The second-order valence-corrected chi connectivity index (χ2v) is 6.16. The predicted molar refractivity (Wildman–Crippen MR) is 77.9 cm³/mol. The van der Waals surface area contributed by atoms with Crippen LogP contribution in [0, 0.1) is 0 Å². The first-order valence-corrected chi connectivity index (χ1v) is 7.66. The van der Waals surface area contributed by atoms with Crippen LogP contribution in [0.15, 0.2) is 4.52 Å². The SMILES string of the molecule is CO[C@@H]1CN[C@@H](c2nc(C3CN(C)CCCN3C)no2)C1. The second-order valence-electron chi connectivity index (χ2n) is 6.16. The molecule has 1 aromatic heterocycles. The van der Waals surface area contributed by atoms with Crippen molar-refractivity contribution in [3.8, 4) is 0 Å². The molecule has 7 heteroatoms. The summed E-state index contributed by atoms with van der Waals surface area (Å²) in [5, 5.41) is 7.60. The van der Waals surface area contributed by atoms with E-state index in [1.54, 1.807) is 7.11 Å². The third kappa shape index (κ3) is 3.26. The van der Waals surface area contributed by atoms with Crippen molar-refractivity contribution in [1.82, 2.24) is 25.3 Å². The zero-order valence-corrected chi connectivity index (χ0v) is 13.1. The number of aromatic nitrogens is 2. The fraction of sp³-hybridized carbons (Fsp3) is 0.857. The van der Waals surface area contributed by atoms with E-state index in [9.17, 15) is 0 Å². The molecule has 3 atom stereocenters. The van der Waals surface area contributed by atoms with E-state index in [2.05, 4.69) is 39.4 Å². The lowest BCUT2D eigenvalue weighted by molar-refractivity contribution is 0.116. The standard InChI is InChI=1S/C14H25N5O2/c1-18-5-4-6-19(2)12(9-18)13-16-14(21-17-13)11-7-10(20-3)8-15-11/h10-12,15H,4-9H2,1-3H3/t10-,11+,12?/m0/s1. The lowest BCUT2D eigenvalue weighted by Gasteiger charge is -2.24. The zero-order chi connectivity index (χ0) is 14.8. The van der Waals surface area contributed by atoms with Gasteiger partial charge in [0.1, 0.15) is 0 Å². The highest BCUT2D eigenvalue weighted by Crippen LogP contribution is 2.26. The molecule has 21 heavy (non-hydrogen) atoms. The van der Waals surface area contributed by atoms with Crippen LogP contribution in [0.25, 0.3) is 0 Å². The van der Waals surface area contributed by atoms with Crippen molar-refractivity contribution in [1.29, 1.82) is 0 Å². The Kier molecular flexibility index (Phi) is 4.54. The molecule has 0 amide bonds. The third-order valence-corrected chi connectivity index (χ3v) is 4.54. The molecule has 0 aliphatic carbocycles. The molecule has 2 fully saturated rings. The molecule has 1 unspecified atom stereocenters. The maximum absolute atomic E-state index is 5.49. The van der Waals surface area contributed by atoms with E-state index in [0.717, 1.165) is 38.4 Å². The number of rotatable bonds is 3. The van der Waals surface area contributed by atoms with Crippen molar-refractivity contribution >= 4 is 0 Å². The van der Waals surface area contributed by atoms with Crippen LogP contribution < -0.4 is 5.32 Å². The van der Waals surface area contributed by atoms with Gasteiger partial charge in [0.25, 0.3) is 0 Å². The summed E-state index contributed by atoms with van der Waals surface area (Å²) in [7, 11) is 6.02. The van der Waals surface area contributed by atoms with Gasteiger partial charge in [-0.25, -0.2) is 0 Å². The van der Waals surface area contributed by atoms with Gasteiger partial charge in [0.05, 0.1) is 18.2 Å². The number of hydrogen-bond acceptors (Lipinski definition) is 7. The topological polar surface area (TPSA) is 66.7 Å². The van der Waals surface area contributed by atoms with Crippen molar-refractivity contribution in [3.63, 3.8) is 0 Å². The van der Waals surface area contributed by atoms with Crippen molar-refractivity contribution in [2.75, 3.05) is 47.4 Å². The van der Waals surface area contributed by atoms with Crippen LogP contribution >= 0.6 is 0 Å². The number of hydrogen-bond donors (Lipinski definition) is 1. The Morgan fingerprint density at radius 3 is 2.95 bits per heavy atom. The van der Waals surface area contributed by atoms with Gasteiger partial charge in [0.2, 0.25) is 5.89 Å². The van der Waals surface area contributed by atoms with E-state index in [1.165, 1.54) is 6.42 Å². The molecule has 2 aliphatic heterocycles. The zero-order valence-electron chi connectivity index (χ0n) is 13.1. The van der Waals surface area contributed by atoms with Crippen LogP contribution in [0.4, 0.5) is 0 Å². The molecule has 0 spiro atoms. The normalized spacial score (nSPS) is 32.4. The van der Waals surface area contributed by atoms with Gasteiger partial charge in [-0.1, -0.05) is 5.16 Å². The molecule has 7 nitrogen and oxygen atoms in total. The van der Waals surface area contributed by atoms with Gasteiger partial charge in [-0.3, -0.25) is 4.90 Å². The fourth-order valence-corrected chi connectivity index (χ4v) is 3.15. The van der Waals surface area contributed by atoms with E-state index < -0.39 is 0 Å². The highest BCUT2D eigenvalue weighted by atomic mass is 16.5. The molecule has 0 bridgehead atoms. The van der Waals surface area contributed by atoms with E-state index in [1.807, 2.05) is 0 Å². The molecule has 2 aliphatic rings. The lowest BCUT2D eigenvalue weighted by atomic mass is 10.2. The van der Waals surface area contributed by atoms with Crippen LogP contribution in [-0.4, -0.2) is 73.4 Å². The Labute approximate surface area is 125 Å². The monoisotopic (exact) mass is 295 g/mol. The number of methoxy groups -OCH3 is 1. The minimum atomic E-state index is 0.116. The first-order valence-electron chi connectivity index (χ1n) is 7.66. The molecule has 0 radical (unpaired) electrons. The Morgan fingerprint density at radius 2 is 2.19 bits per heavy atom. The molecule has 3 rings (SSSR count). The quantitative estimate of drug-likeness (QED) is 0.867. The number of nitrogens with zero attached hydrogens (tertiary/aromatic N) is 4. The first-order chi connectivity index (χ1) is 10.2. The Hall–Kier alpha value is -1.02. The Bertz CT molecular complexity index is 466. The van der Waals surface area contributed by atoms with Crippen molar-refractivity contribution in [3.05, 3.63) is 11.7 Å². The highest BCUT2D eigenvalue weighted by molar-refractivity contribution is 5.02. The number of likely N-dealkylation sites (N-methyl/N-ethyl adjacent to an activating group) is 2. The molecule has 0 saturated carbocycles. The summed E-state index contributed by atoms with van der Waals surface area (Å²) in [6.07, 6.45) is 2.30. The molecule has 3 heterocycles. The Balaban J connectivity index is 1.71. The van der Waals surface area contributed by atoms with Crippen molar-refractivity contribution < 1.29 is 9.26 Å². The van der Waals surface area contributed by atoms with Crippen molar-refractivity contribution in [2.45, 2.75) is 31.0 Å². The smallest absolute Gasteiger partial charge is 0.243 e. The molecule has 118 valence electrons. The summed E-state index contributed by atoms with van der Waals surface area (Å²) in [5.41, 5.74) is 0. The minimum absolute atomic E-state index is 0.116. The maximum atomic E-state index is 5.49. The minimum Gasteiger partial charge on any atom is -0.380 e. The van der Waals surface area contributed by atoms with Crippen molar-refractivity contribution in [2.24, 2.45) is 0 Å². The predicted octanol–water partition coefficient (Wildman–Crippen LogP) is 0.427. The second kappa shape index (κ2) is 6.39. The molecule has 1 N–H and O–H groups in total. The van der Waals surface area contributed by atoms with Gasteiger partial charge in [-0.05, 0) is 40.0 Å². The molecular weight excluding hydrogens is 270 g/mol. The molecule has 0 aromatic carbocycles. The summed E-state index contributed by atoms with van der Waals surface area (Å²) in [4.78, 5) is 9.30. The van der Waals surface area contributed by atoms with Gasteiger partial charge in [0.15, 0.2) is 5.82 Å². The largest absolute Gasteiger partial charge is 0.380 e. The third-order valence-electron chi connectivity index (χ3n) is 4.54. The van der Waals surface area contributed by atoms with E-state index in [-0.39, 0.29) is 18.2 Å². The van der Waals surface area contributed by atoms with Crippen LogP contribution in [0.5, 0.6) is 0 Å². The summed E-state index contributed by atoms with van der Waals surface area (Å²) in [5.74, 6) is 1.48. The number of nitrogens with one attached hydrogen (secondary N) is 1. The van der Waals surface area contributed by atoms with Gasteiger partial charge < -0.3 is 19.5 Å².